The lowest BCUT2D eigenvalue weighted by atomic mass is 10.3. The highest BCUT2D eigenvalue weighted by Gasteiger charge is 2.10. The molecule has 0 aromatic carbocycles. The maximum atomic E-state index is 10.4. The van der Waals surface area contributed by atoms with Crippen LogP contribution in [0.2, 0.25) is 0 Å². The minimum Gasteiger partial charge on any atom is -0.459 e. The summed E-state index contributed by atoms with van der Waals surface area (Å²) in [5.74, 6) is -0.956. The third-order valence-electron chi connectivity index (χ3n) is 1.14. The van der Waals surface area contributed by atoms with Gasteiger partial charge in [-0.1, -0.05) is 19.8 Å². The van der Waals surface area contributed by atoms with E-state index in [1.54, 1.807) is 0 Å². The van der Waals surface area contributed by atoms with Crippen molar-refractivity contribution in [2.45, 2.75) is 26.2 Å². The number of hydrogen-bond acceptors (Lipinski definition) is 3. The Hall–Kier alpha value is -0.570. The summed E-state index contributed by atoms with van der Waals surface area (Å²) in [6, 6.07) is 0. The first-order valence-corrected chi connectivity index (χ1v) is 3.93. The first kappa shape index (κ1) is 10.4. The number of carbonyl (C=O) groups is 2. The lowest BCUT2D eigenvalue weighted by Crippen LogP contribution is -2.12. The number of esters is 1. The molecule has 0 spiro atoms. The fourth-order valence-corrected chi connectivity index (χ4v) is 0.628. The smallest absolute Gasteiger partial charge is 0.391 e. The van der Waals surface area contributed by atoms with Crippen LogP contribution in [0.15, 0.2) is 0 Å². The summed E-state index contributed by atoms with van der Waals surface area (Å²) in [6.45, 7) is 2.32. The summed E-state index contributed by atoms with van der Waals surface area (Å²) in [6.07, 6.45) is 2.82. The average Bonchev–Trinajstić information content (AvgIpc) is 1.97. The second-order valence-corrected chi connectivity index (χ2v) is 2.46. The Bertz CT molecular complexity index is 145. The molecular formula is C7H11ClO3. The van der Waals surface area contributed by atoms with Crippen molar-refractivity contribution in [2.24, 2.45) is 0 Å². The highest BCUT2D eigenvalue weighted by atomic mass is 35.5. The summed E-state index contributed by atoms with van der Waals surface area (Å²) in [4.78, 5) is 20.5. The van der Waals surface area contributed by atoms with Gasteiger partial charge in [-0.05, 0) is 18.0 Å². The zero-order valence-electron chi connectivity index (χ0n) is 6.43. The fraction of sp³-hybridized carbons (Fsp3) is 0.714. The van der Waals surface area contributed by atoms with Gasteiger partial charge in [0.25, 0.3) is 0 Å². The third-order valence-corrected chi connectivity index (χ3v) is 1.30. The molecule has 0 aromatic heterocycles. The Balaban J connectivity index is 3.25. The van der Waals surface area contributed by atoms with E-state index in [0.717, 1.165) is 19.3 Å². The van der Waals surface area contributed by atoms with Gasteiger partial charge in [-0.15, -0.1) is 0 Å². The SMILES string of the molecule is CCCCCOC(=O)C(=O)Cl. The average molecular weight is 179 g/mol. The molecule has 3 nitrogen and oxygen atoms in total. The van der Waals surface area contributed by atoms with Crippen LogP contribution in [-0.2, 0) is 14.3 Å². The molecule has 0 aliphatic rings. The fourth-order valence-electron chi connectivity index (χ4n) is 0.574. The molecule has 0 radical (unpaired) electrons. The minimum absolute atomic E-state index is 0.283. The van der Waals surface area contributed by atoms with E-state index < -0.39 is 11.2 Å². The summed E-state index contributed by atoms with van der Waals surface area (Å²) in [5, 5.41) is -1.05. The number of halogens is 1. The van der Waals surface area contributed by atoms with Crippen molar-refractivity contribution in [2.75, 3.05) is 6.61 Å². The quantitative estimate of drug-likeness (QED) is 0.277. The summed E-state index contributed by atoms with van der Waals surface area (Å²) < 4.78 is 4.49. The number of rotatable bonds is 5. The van der Waals surface area contributed by atoms with Crippen LogP contribution in [0.1, 0.15) is 26.2 Å². The van der Waals surface area contributed by atoms with Gasteiger partial charge in [-0.25, -0.2) is 4.79 Å². The van der Waals surface area contributed by atoms with Gasteiger partial charge in [-0.2, -0.15) is 0 Å². The molecule has 0 heterocycles. The van der Waals surface area contributed by atoms with Crippen molar-refractivity contribution in [3.05, 3.63) is 0 Å². The monoisotopic (exact) mass is 178 g/mol. The van der Waals surface area contributed by atoms with E-state index in [-0.39, 0.29) is 6.61 Å². The molecule has 0 atom stereocenters. The zero-order chi connectivity index (χ0) is 8.69. The first-order chi connectivity index (χ1) is 5.18. The molecule has 11 heavy (non-hydrogen) atoms. The number of hydrogen-bond donors (Lipinski definition) is 0. The van der Waals surface area contributed by atoms with Crippen LogP contribution in [0.25, 0.3) is 0 Å². The van der Waals surface area contributed by atoms with Crippen molar-refractivity contribution >= 4 is 22.8 Å². The molecule has 0 aliphatic heterocycles. The van der Waals surface area contributed by atoms with Crippen LogP contribution in [0.4, 0.5) is 0 Å². The summed E-state index contributed by atoms with van der Waals surface area (Å²) >= 11 is 4.83. The molecule has 0 aliphatic carbocycles. The van der Waals surface area contributed by atoms with E-state index in [1.807, 2.05) is 6.92 Å². The molecule has 0 saturated carbocycles. The summed E-state index contributed by atoms with van der Waals surface area (Å²) in [7, 11) is 0. The van der Waals surface area contributed by atoms with E-state index in [1.165, 1.54) is 0 Å². The van der Waals surface area contributed by atoms with E-state index in [2.05, 4.69) is 4.74 Å². The molecule has 0 bridgehead atoms. The molecule has 0 unspecified atom stereocenters. The van der Waals surface area contributed by atoms with Crippen molar-refractivity contribution in [3.63, 3.8) is 0 Å². The van der Waals surface area contributed by atoms with Gasteiger partial charge in [0.05, 0.1) is 6.61 Å². The molecule has 0 saturated heterocycles. The van der Waals surface area contributed by atoms with Gasteiger partial charge in [0.2, 0.25) is 0 Å². The molecule has 0 N–H and O–H groups in total. The molecular weight excluding hydrogens is 168 g/mol. The maximum absolute atomic E-state index is 10.4. The first-order valence-electron chi connectivity index (χ1n) is 3.55. The van der Waals surface area contributed by atoms with Crippen molar-refractivity contribution in [1.29, 1.82) is 0 Å². The van der Waals surface area contributed by atoms with Crippen LogP contribution in [0.3, 0.4) is 0 Å². The van der Waals surface area contributed by atoms with Crippen LogP contribution in [0, 0.1) is 0 Å². The summed E-state index contributed by atoms with van der Waals surface area (Å²) in [5.41, 5.74) is 0. The van der Waals surface area contributed by atoms with Gasteiger partial charge < -0.3 is 4.74 Å². The molecule has 64 valence electrons. The Morgan fingerprint density at radius 3 is 2.45 bits per heavy atom. The highest BCUT2D eigenvalue weighted by molar-refractivity contribution is 6.80. The van der Waals surface area contributed by atoms with Crippen LogP contribution in [-0.4, -0.2) is 17.8 Å². The Morgan fingerprint density at radius 2 is 2.00 bits per heavy atom. The molecule has 4 heteroatoms. The second-order valence-electron chi connectivity index (χ2n) is 2.12. The standard InChI is InChI=1S/C7H11ClO3/c1-2-3-4-5-11-7(10)6(8)9/h2-5H2,1H3. The predicted octanol–water partition coefficient (Wildman–Crippen LogP) is 1.49. The highest BCUT2D eigenvalue weighted by Crippen LogP contribution is 1.95. The Kier molecular flexibility index (Phi) is 5.84. The van der Waals surface area contributed by atoms with E-state index in [4.69, 9.17) is 11.6 Å². The normalized spacial score (nSPS) is 9.27. The Morgan fingerprint density at radius 1 is 1.36 bits per heavy atom. The van der Waals surface area contributed by atoms with E-state index in [9.17, 15) is 9.59 Å². The molecule has 0 aromatic rings. The molecule has 0 fully saturated rings. The predicted molar refractivity (Wildman–Crippen MR) is 41.3 cm³/mol. The van der Waals surface area contributed by atoms with Crippen molar-refractivity contribution in [1.82, 2.24) is 0 Å². The molecule has 0 rings (SSSR count). The van der Waals surface area contributed by atoms with Gasteiger partial charge in [0, 0.05) is 0 Å². The van der Waals surface area contributed by atoms with Crippen molar-refractivity contribution < 1.29 is 14.3 Å². The molecule has 0 amide bonds. The second kappa shape index (κ2) is 6.16. The van der Waals surface area contributed by atoms with Gasteiger partial charge in [0.15, 0.2) is 0 Å². The maximum Gasteiger partial charge on any atom is 0.391 e. The van der Waals surface area contributed by atoms with Crippen LogP contribution >= 0.6 is 11.6 Å². The number of carbonyl (C=O) groups excluding carboxylic acids is 2. The van der Waals surface area contributed by atoms with Gasteiger partial charge in [-0.3, -0.25) is 4.79 Å². The van der Waals surface area contributed by atoms with E-state index >= 15 is 0 Å². The van der Waals surface area contributed by atoms with E-state index in [0.29, 0.717) is 0 Å². The minimum atomic E-state index is -1.05. The third kappa shape index (κ3) is 5.85. The van der Waals surface area contributed by atoms with Gasteiger partial charge in [0.1, 0.15) is 0 Å². The van der Waals surface area contributed by atoms with Crippen LogP contribution < -0.4 is 0 Å². The number of unbranched alkanes of at least 4 members (excludes halogenated alkanes) is 2. The zero-order valence-corrected chi connectivity index (χ0v) is 7.19. The largest absolute Gasteiger partial charge is 0.459 e. The lowest BCUT2D eigenvalue weighted by molar-refractivity contribution is -0.150. The topological polar surface area (TPSA) is 43.4 Å². The Labute approximate surface area is 70.7 Å². The van der Waals surface area contributed by atoms with Crippen LogP contribution in [0.5, 0.6) is 0 Å². The van der Waals surface area contributed by atoms with Gasteiger partial charge >= 0.3 is 11.2 Å². The lowest BCUT2D eigenvalue weighted by Gasteiger charge is -1.98. The van der Waals surface area contributed by atoms with Crippen molar-refractivity contribution in [3.8, 4) is 0 Å². The number of ether oxygens (including phenoxy) is 1.